The van der Waals surface area contributed by atoms with Gasteiger partial charge in [0.05, 0.1) is 28.6 Å². The lowest BCUT2D eigenvalue weighted by Crippen LogP contribution is -2.52. The van der Waals surface area contributed by atoms with Gasteiger partial charge in [-0.15, -0.1) is 11.3 Å². The molecule has 0 bridgehead atoms. The van der Waals surface area contributed by atoms with Gasteiger partial charge in [0.1, 0.15) is 5.60 Å². The number of aromatic nitrogens is 1. The molecule has 0 N–H and O–H groups in total. The SMILES string of the molecule is CCC1(OCc2cnc(C)s2)CCCN(C(=O)OC(C)(C)C)C1. The molecule has 6 heteroatoms. The lowest BCUT2D eigenvalue weighted by atomic mass is 9.90. The molecule has 5 nitrogen and oxygen atoms in total. The van der Waals surface area contributed by atoms with Crippen molar-refractivity contribution in [3.63, 3.8) is 0 Å². The van der Waals surface area contributed by atoms with E-state index in [0.717, 1.165) is 35.7 Å². The summed E-state index contributed by atoms with van der Waals surface area (Å²) >= 11 is 1.66. The van der Waals surface area contributed by atoms with Crippen molar-refractivity contribution < 1.29 is 14.3 Å². The van der Waals surface area contributed by atoms with Crippen molar-refractivity contribution in [3.05, 3.63) is 16.1 Å². The highest BCUT2D eigenvalue weighted by Crippen LogP contribution is 2.31. The van der Waals surface area contributed by atoms with Crippen molar-refractivity contribution in [1.29, 1.82) is 0 Å². The van der Waals surface area contributed by atoms with Gasteiger partial charge in [0.25, 0.3) is 0 Å². The van der Waals surface area contributed by atoms with Crippen LogP contribution in [-0.2, 0) is 16.1 Å². The number of carbonyl (C=O) groups excluding carboxylic acids is 1. The van der Waals surface area contributed by atoms with Crippen LogP contribution in [0.25, 0.3) is 0 Å². The predicted octanol–water partition coefficient (Wildman–Crippen LogP) is 4.15. The topological polar surface area (TPSA) is 51.7 Å². The van der Waals surface area contributed by atoms with Crippen molar-refractivity contribution in [1.82, 2.24) is 9.88 Å². The van der Waals surface area contributed by atoms with Gasteiger partial charge in [-0.2, -0.15) is 0 Å². The van der Waals surface area contributed by atoms with Crippen LogP contribution in [0.4, 0.5) is 4.79 Å². The van der Waals surface area contributed by atoms with Crippen LogP contribution < -0.4 is 0 Å². The Hall–Kier alpha value is -1.14. The van der Waals surface area contributed by atoms with E-state index in [2.05, 4.69) is 11.9 Å². The summed E-state index contributed by atoms with van der Waals surface area (Å²) in [7, 11) is 0. The summed E-state index contributed by atoms with van der Waals surface area (Å²) in [5, 5.41) is 1.05. The van der Waals surface area contributed by atoms with Gasteiger partial charge < -0.3 is 14.4 Å². The highest BCUT2D eigenvalue weighted by Gasteiger charge is 2.38. The molecule has 1 saturated heterocycles. The third-order valence-corrected chi connectivity index (χ3v) is 4.91. The second-order valence-electron chi connectivity index (χ2n) is 7.18. The monoisotopic (exact) mass is 340 g/mol. The molecule has 0 aliphatic carbocycles. The molecule has 1 aliphatic heterocycles. The van der Waals surface area contributed by atoms with Crippen LogP contribution >= 0.6 is 11.3 Å². The molecule has 0 spiro atoms. The van der Waals surface area contributed by atoms with E-state index in [-0.39, 0.29) is 11.7 Å². The lowest BCUT2D eigenvalue weighted by Gasteiger charge is -2.42. The summed E-state index contributed by atoms with van der Waals surface area (Å²) in [6.45, 7) is 11.7. The summed E-state index contributed by atoms with van der Waals surface area (Å²) < 4.78 is 11.8. The maximum absolute atomic E-state index is 12.3. The van der Waals surface area contributed by atoms with E-state index >= 15 is 0 Å². The Labute approximate surface area is 143 Å². The maximum atomic E-state index is 12.3. The van der Waals surface area contributed by atoms with E-state index in [1.807, 2.05) is 33.9 Å². The Bertz CT molecular complexity index is 538. The van der Waals surface area contributed by atoms with Gasteiger partial charge in [-0.1, -0.05) is 6.92 Å². The highest BCUT2D eigenvalue weighted by atomic mass is 32.1. The maximum Gasteiger partial charge on any atom is 0.410 e. The summed E-state index contributed by atoms with van der Waals surface area (Å²) in [5.74, 6) is 0. The fourth-order valence-corrected chi connectivity index (χ4v) is 3.49. The van der Waals surface area contributed by atoms with E-state index < -0.39 is 5.60 Å². The molecule has 1 aliphatic rings. The number of piperidine rings is 1. The number of carbonyl (C=O) groups is 1. The number of hydrogen-bond acceptors (Lipinski definition) is 5. The Kier molecular flexibility index (Phi) is 5.68. The normalized spacial score (nSPS) is 22.2. The number of amides is 1. The molecule has 0 saturated carbocycles. The molecule has 130 valence electrons. The molecule has 2 heterocycles. The minimum absolute atomic E-state index is 0.243. The Balaban J connectivity index is 1.98. The third-order valence-electron chi connectivity index (χ3n) is 4.03. The standard InChI is InChI=1S/C17H28N2O3S/c1-6-17(21-11-14-10-18-13(2)23-14)8-7-9-19(12-17)15(20)22-16(3,4)5/h10H,6-9,11-12H2,1-5H3. The molecule has 1 atom stereocenters. The number of hydrogen-bond donors (Lipinski definition) is 0. The predicted molar refractivity (Wildman–Crippen MR) is 91.7 cm³/mol. The highest BCUT2D eigenvalue weighted by molar-refractivity contribution is 7.11. The molecule has 1 aromatic rings. The average Bonchev–Trinajstić information content (AvgIpc) is 2.89. The van der Waals surface area contributed by atoms with Crippen molar-refractivity contribution in [3.8, 4) is 0 Å². The fourth-order valence-electron chi connectivity index (χ4n) is 2.79. The van der Waals surface area contributed by atoms with Gasteiger partial charge >= 0.3 is 6.09 Å². The Morgan fingerprint density at radius 3 is 2.78 bits per heavy atom. The first-order chi connectivity index (χ1) is 10.7. The zero-order chi connectivity index (χ0) is 17.1. The summed E-state index contributed by atoms with van der Waals surface area (Å²) in [6.07, 6.45) is 4.42. The van der Waals surface area contributed by atoms with Gasteiger partial charge in [-0.05, 0) is 47.0 Å². The molecule has 1 fully saturated rings. The minimum Gasteiger partial charge on any atom is -0.444 e. The van der Waals surface area contributed by atoms with Crippen molar-refractivity contribution in [2.75, 3.05) is 13.1 Å². The van der Waals surface area contributed by atoms with Gasteiger partial charge in [0, 0.05) is 12.7 Å². The van der Waals surface area contributed by atoms with Gasteiger partial charge in [0.2, 0.25) is 0 Å². The van der Waals surface area contributed by atoms with Gasteiger partial charge in [-0.25, -0.2) is 9.78 Å². The van der Waals surface area contributed by atoms with Crippen LogP contribution in [0.3, 0.4) is 0 Å². The number of thiazole rings is 1. The fraction of sp³-hybridized carbons (Fsp3) is 0.765. The number of ether oxygens (including phenoxy) is 2. The molecule has 23 heavy (non-hydrogen) atoms. The van der Waals surface area contributed by atoms with Gasteiger partial charge in [-0.3, -0.25) is 0 Å². The third kappa shape index (κ3) is 5.18. The zero-order valence-electron chi connectivity index (χ0n) is 14.8. The van der Waals surface area contributed by atoms with E-state index in [4.69, 9.17) is 9.47 Å². The van der Waals surface area contributed by atoms with Crippen LogP contribution in [-0.4, -0.2) is 40.3 Å². The van der Waals surface area contributed by atoms with Crippen LogP contribution in [0.15, 0.2) is 6.20 Å². The number of rotatable bonds is 4. The average molecular weight is 340 g/mol. The van der Waals surface area contributed by atoms with Crippen LogP contribution in [0.2, 0.25) is 0 Å². The minimum atomic E-state index is -0.468. The quantitative estimate of drug-likeness (QED) is 0.826. The van der Waals surface area contributed by atoms with Crippen molar-refractivity contribution in [2.24, 2.45) is 0 Å². The second-order valence-corrected chi connectivity index (χ2v) is 8.50. The van der Waals surface area contributed by atoms with Crippen LogP contribution in [0.1, 0.15) is 56.8 Å². The smallest absolute Gasteiger partial charge is 0.410 e. The van der Waals surface area contributed by atoms with Crippen LogP contribution in [0, 0.1) is 6.92 Å². The molecular formula is C17H28N2O3S. The lowest BCUT2D eigenvalue weighted by molar-refractivity contribution is -0.101. The number of nitrogens with zero attached hydrogens (tertiary/aromatic N) is 2. The summed E-state index contributed by atoms with van der Waals surface area (Å²) in [4.78, 5) is 19.5. The second kappa shape index (κ2) is 7.18. The molecule has 1 amide bonds. The molecule has 0 radical (unpaired) electrons. The molecule has 1 unspecified atom stereocenters. The number of aryl methyl sites for hydroxylation is 1. The summed E-state index contributed by atoms with van der Waals surface area (Å²) in [5.41, 5.74) is -0.753. The Morgan fingerprint density at radius 2 is 2.22 bits per heavy atom. The van der Waals surface area contributed by atoms with E-state index in [0.29, 0.717) is 13.2 Å². The Morgan fingerprint density at radius 1 is 1.48 bits per heavy atom. The first-order valence-electron chi connectivity index (χ1n) is 8.26. The van der Waals surface area contributed by atoms with Crippen molar-refractivity contribution >= 4 is 17.4 Å². The molecular weight excluding hydrogens is 312 g/mol. The van der Waals surface area contributed by atoms with E-state index in [1.54, 1.807) is 16.2 Å². The molecule has 1 aromatic heterocycles. The zero-order valence-corrected chi connectivity index (χ0v) is 15.7. The first-order valence-corrected chi connectivity index (χ1v) is 9.08. The number of likely N-dealkylation sites (tertiary alicyclic amines) is 1. The molecule has 0 aromatic carbocycles. The first kappa shape index (κ1) is 18.2. The van der Waals surface area contributed by atoms with Gasteiger partial charge in [0.15, 0.2) is 0 Å². The van der Waals surface area contributed by atoms with Crippen LogP contribution in [0.5, 0.6) is 0 Å². The largest absolute Gasteiger partial charge is 0.444 e. The molecule has 2 rings (SSSR count). The van der Waals surface area contributed by atoms with E-state index in [1.165, 1.54) is 0 Å². The summed E-state index contributed by atoms with van der Waals surface area (Å²) in [6, 6.07) is 0. The van der Waals surface area contributed by atoms with Crippen molar-refractivity contribution in [2.45, 2.75) is 71.7 Å². The van der Waals surface area contributed by atoms with E-state index in [9.17, 15) is 4.79 Å².